The van der Waals surface area contributed by atoms with E-state index in [1.54, 1.807) is 12.1 Å². The molecule has 5 heteroatoms. The number of hydrogen-bond donors (Lipinski definition) is 1. The Balaban J connectivity index is 2.77. The van der Waals surface area contributed by atoms with E-state index in [1.807, 2.05) is 6.07 Å². The second kappa shape index (κ2) is 4.12. The van der Waals surface area contributed by atoms with Crippen LogP contribution in [0.5, 0.6) is 0 Å². The van der Waals surface area contributed by atoms with Gasteiger partial charge in [0.15, 0.2) is 0 Å². The molecule has 15 heavy (non-hydrogen) atoms. The van der Waals surface area contributed by atoms with E-state index >= 15 is 0 Å². The van der Waals surface area contributed by atoms with E-state index < -0.39 is 0 Å². The molecule has 0 aliphatic carbocycles. The van der Waals surface area contributed by atoms with Crippen LogP contribution in [0.1, 0.15) is 0 Å². The molecule has 0 amide bonds. The quantitative estimate of drug-likeness (QED) is 0.889. The standard InChI is InChI=1S/C10H9BrN2O2/c11-7-2-1-3-8-9(7)10(15)13(4-5-14)6-12-8/h1-3,6,14H,4-5H2. The average molecular weight is 269 g/mol. The summed E-state index contributed by atoms with van der Waals surface area (Å²) >= 11 is 3.32. The molecule has 1 N–H and O–H groups in total. The topological polar surface area (TPSA) is 55.1 Å². The van der Waals surface area contributed by atoms with Gasteiger partial charge in [0.1, 0.15) is 0 Å². The number of nitrogens with zero attached hydrogens (tertiary/aromatic N) is 2. The third kappa shape index (κ3) is 1.80. The number of aromatic nitrogens is 2. The van der Waals surface area contributed by atoms with E-state index in [9.17, 15) is 4.79 Å². The largest absolute Gasteiger partial charge is 0.395 e. The first kappa shape index (κ1) is 10.3. The maximum atomic E-state index is 11.9. The Bertz CT molecular complexity index is 551. The number of rotatable bonds is 2. The van der Waals surface area contributed by atoms with Gasteiger partial charge < -0.3 is 5.11 Å². The van der Waals surface area contributed by atoms with Crippen LogP contribution in [0.2, 0.25) is 0 Å². The van der Waals surface area contributed by atoms with Gasteiger partial charge in [0.25, 0.3) is 5.56 Å². The van der Waals surface area contributed by atoms with Gasteiger partial charge in [-0.3, -0.25) is 9.36 Å². The molecule has 0 radical (unpaired) electrons. The SMILES string of the molecule is O=c1c2c(Br)cccc2ncn1CCO. The van der Waals surface area contributed by atoms with Crippen molar-refractivity contribution in [3.05, 3.63) is 39.4 Å². The molecule has 4 nitrogen and oxygen atoms in total. The minimum absolute atomic E-state index is 0.0719. The molecular weight excluding hydrogens is 260 g/mol. The molecule has 2 aromatic rings. The predicted octanol–water partition coefficient (Wildman–Crippen LogP) is 1.15. The highest BCUT2D eigenvalue weighted by Gasteiger charge is 2.06. The molecule has 78 valence electrons. The van der Waals surface area contributed by atoms with Crippen molar-refractivity contribution in [2.75, 3.05) is 6.61 Å². The van der Waals surface area contributed by atoms with E-state index in [1.165, 1.54) is 10.9 Å². The van der Waals surface area contributed by atoms with Crippen LogP contribution in [0.25, 0.3) is 10.9 Å². The monoisotopic (exact) mass is 268 g/mol. The van der Waals surface area contributed by atoms with Crippen molar-refractivity contribution in [1.29, 1.82) is 0 Å². The highest BCUT2D eigenvalue weighted by atomic mass is 79.9. The Morgan fingerprint density at radius 2 is 2.27 bits per heavy atom. The molecule has 0 spiro atoms. The minimum atomic E-state index is -0.137. The van der Waals surface area contributed by atoms with Crippen LogP contribution in [-0.2, 0) is 6.54 Å². The molecule has 2 rings (SSSR count). The zero-order valence-corrected chi connectivity index (χ0v) is 9.44. The van der Waals surface area contributed by atoms with Crippen LogP contribution < -0.4 is 5.56 Å². The number of aliphatic hydroxyl groups excluding tert-OH is 1. The van der Waals surface area contributed by atoms with Crippen LogP contribution in [0.15, 0.2) is 33.8 Å². The molecule has 1 aromatic heterocycles. The third-order valence-electron chi connectivity index (χ3n) is 2.14. The Labute approximate surface area is 94.3 Å². The fraction of sp³-hybridized carbons (Fsp3) is 0.200. The van der Waals surface area contributed by atoms with Crippen LogP contribution in [-0.4, -0.2) is 21.3 Å². The second-order valence-electron chi connectivity index (χ2n) is 3.10. The van der Waals surface area contributed by atoms with Crippen molar-refractivity contribution >= 4 is 26.8 Å². The Kier molecular flexibility index (Phi) is 2.83. The molecule has 1 heterocycles. The third-order valence-corrected chi connectivity index (χ3v) is 2.80. The lowest BCUT2D eigenvalue weighted by molar-refractivity contribution is 0.274. The average Bonchev–Trinajstić information content (AvgIpc) is 2.22. The first-order chi connectivity index (χ1) is 7.24. The fourth-order valence-corrected chi connectivity index (χ4v) is 1.95. The van der Waals surface area contributed by atoms with Crippen molar-refractivity contribution in [3.8, 4) is 0 Å². The van der Waals surface area contributed by atoms with E-state index in [0.717, 1.165) is 4.47 Å². The zero-order chi connectivity index (χ0) is 10.8. The summed E-state index contributed by atoms with van der Waals surface area (Å²) < 4.78 is 2.12. The van der Waals surface area contributed by atoms with Crippen LogP contribution in [0.3, 0.4) is 0 Å². The number of fused-ring (bicyclic) bond motifs is 1. The van der Waals surface area contributed by atoms with Crippen molar-refractivity contribution in [3.63, 3.8) is 0 Å². The highest BCUT2D eigenvalue weighted by Crippen LogP contribution is 2.18. The Morgan fingerprint density at radius 1 is 1.47 bits per heavy atom. The summed E-state index contributed by atoms with van der Waals surface area (Å²) in [4.78, 5) is 16.1. The molecule has 0 fully saturated rings. The molecule has 0 aliphatic heterocycles. The molecule has 0 aliphatic rings. The first-order valence-corrected chi connectivity index (χ1v) is 5.28. The summed E-state index contributed by atoms with van der Waals surface area (Å²) in [5.74, 6) is 0. The van der Waals surface area contributed by atoms with Crippen LogP contribution in [0.4, 0.5) is 0 Å². The Hall–Kier alpha value is -1.20. The number of aliphatic hydroxyl groups is 1. The van der Waals surface area contributed by atoms with E-state index in [4.69, 9.17) is 5.11 Å². The van der Waals surface area contributed by atoms with E-state index in [0.29, 0.717) is 10.9 Å². The van der Waals surface area contributed by atoms with Crippen molar-refractivity contribution in [1.82, 2.24) is 9.55 Å². The smallest absolute Gasteiger partial charge is 0.262 e. The highest BCUT2D eigenvalue weighted by molar-refractivity contribution is 9.10. The van der Waals surface area contributed by atoms with Gasteiger partial charge in [-0.1, -0.05) is 6.07 Å². The lowest BCUT2D eigenvalue weighted by Crippen LogP contribution is -2.22. The van der Waals surface area contributed by atoms with Gasteiger partial charge in [0, 0.05) is 4.47 Å². The number of benzene rings is 1. The van der Waals surface area contributed by atoms with Crippen molar-refractivity contribution in [2.45, 2.75) is 6.54 Å². The molecule has 0 unspecified atom stereocenters. The lowest BCUT2D eigenvalue weighted by atomic mass is 10.2. The molecule has 1 aromatic carbocycles. The van der Waals surface area contributed by atoms with E-state index in [2.05, 4.69) is 20.9 Å². The fourth-order valence-electron chi connectivity index (χ4n) is 1.43. The van der Waals surface area contributed by atoms with Crippen molar-refractivity contribution < 1.29 is 5.11 Å². The zero-order valence-electron chi connectivity index (χ0n) is 7.85. The summed E-state index contributed by atoms with van der Waals surface area (Å²) in [5.41, 5.74) is 0.519. The van der Waals surface area contributed by atoms with Gasteiger partial charge in [0.05, 0.1) is 30.4 Å². The summed E-state index contributed by atoms with van der Waals surface area (Å²) in [5, 5.41) is 9.34. The van der Waals surface area contributed by atoms with Gasteiger partial charge in [0.2, 0.25) is 0 Å². The van der Waals surface area contributed by atoms with Gasteiger partial charge >= 0.3 is 0 Å². The number of hydrogen-bond acceptors (Lipinski definition) is 3. The maximum Gasteiger partial charge on any atom is 0.262 e. The van der Waals surface area contributed by atoms with Crippen LogP contribution >= 0.6 is 15.9 Å². The first-order valence-electron chi connectivity index (χ1n) is 4.48. The summed E-state index contributed by atoms with van der Waals surface area (Å²) in [6, 6.07) is 5.41. The second-order valence-corrected chi connectivity index (χ2v) is 3.96. The van der Waals surface area contributed by atoms with Gasteiger partial charge in [-0.25, -0.2) is 4.98 Å². The normalized spacial score (nSPS) is 10.8. The predicted molar refractivity (Wildman–Crippen MR) is 60.8 cm³/mol. The maximum absolute atomic E-state index is 11.9. The summed E-state index contributed by atoms with van der Waals surface area (Å²) in [6.07, 6.45) is 1.45. The van der Waals surface area contributed by atoms with Crippen molar-refractivity contribution in [2.24, 2.45) is 0 Å². The summed E-state index contributed by atoms with van der Waals surface area (Å²) in [6.45, 7) is 0.195. The molecular formula is C10H9BrN2O2. The minimum Gasteiger partial charge on any atom is -0.395 e. The molecule has 0 atom stereocenters. The van der Waals surface area contributed by atoms with Gasteiger partial charge in [-0.05, 0) is 28.1 Å². The van der Waals surface area contributed by atoms with Crippen LogP contribution in [0, 0.1) is 0 Å². The Morgan fingerprint density at radius 3 is 3.00 bits per heavy atom. The molecule has 0 saturated carbocycles. The lowest BCUT2D eigenvalue weighted by Gasteiger charge is -2.05. The summed E-state index contributed by atoms with van der Waals surface area (Å²) in [7, 11) is 0. The van der Waals surface area contributed by atoms with E-state index in [-0.39, 0.29) is 18.7 Å². The number of halogens is 1. The molecule has 0 saturated heterocycles. The van der Waals surface area contributed by atoms with Gasteiger partial charge in [-0.2, -0.15) is 0 Å². The molecule has 0 bridgehead atoms. The van der Waals surface area contributed by atoms with Gasteiger partial charge in [-0.15, -0.1) is 0 Å².